The lowest BCUT2D eigenvalue weighted by Crippen LogP contribution is -2.48. The molecule has 1 atom stereocenters. The predicted molar refractivity (Wildman–Crippen MR) is 81.6 cm³/mol. The molecule has 1 aliphatic rings. The number of aryl methyl sites for hydroxylation is 1. The molecule has 6 heteroatoms. The SMILES string of the molecule is Cc1ncc(CN2CCN(C(=O)CCC(C)N)CC2)s1. The highest BCUT2D eigenvalue weighted by molar-refractivity contribution is 7.11. The highest BCUT2D eigenvalue weighted by Gasteiger charge is 2.21. The number of piperazine rings is 1. The summed E-state index contributed by atoms with van der Waals surface area (Å²) in [6.07, 6.45) is 3.31. The Morgan fingerprint density at radius 1 is 1.45 bits per heavy atom. The maximum Gasteiger partial charge on any atom is 0.222 e. The summed E-state index contributed by atoms with van der Waals surface area (Å²) in [4.78, 5) is 22.0. The molecular weight excluding hydrogens is 272 g/mol. The fourth-order valence-corrected chi connectivity index (χ4v) is 3.20. The molecular formula is C14H24N4OS. The molecule has 1 aromatic heterocycles. The van der Waals surface area contributed by atoms with Crippen molar-refractivity contribution in [3.63, 3.8) is 0 Å². The van der Waals surface area contributed by atoms with Crippen LogP contribution < -0.4 is 5.73 Å². The molecule has 0 saturated carbocycles. The molecule has 1 saturated heterocycles. The van der Waals surface area contributed by atoms with Gasteiger partial charge in [0.1, 0.15) is 0 Å². The Kier molecular flexibility index (Phi) is 5.51. The van der Waals surface area contributed by atoms with Gasteiger partial charge in [0, 0.05) is 56.3 Å². The maximum absolute atomic E-state index is 12.0. The molecule has 0 radical (unpaired) electrons. The second-order valence-corrected chi connectivity index (χ2v) is 6.84. The van der Waals surface area contributed by atoms with Crippen LogP contribution >= 0.6 is 11.3 Å². The summed E-state index contributed by atoms with van der Waals surface area (Å²) in [5.74, 6) is 0.246. The van der Waals surface area contributed by atoms with E-state index in [1.54, 1.807) is 11.3 Å². The number of aromatic nitrogens is 1. The van der Waals surface area contributed by atoms with E-state index in [1.807, 2.05) is 24.9 Å². The van der Waals surface area contributed by atoms with Gasteiger partial charge >= 0.3 is 0 Å². The van der Waals surface area contributed by atoms with E-state index in [4.69, 9.17) is 5.73 Å². The van der Waals surface area contributed by atoms with Crippen molar-refractivity contribution in [3.05, 3.63) is 16.1 Å². The molecule has 5 nitrogen and oxygen atoms in total. The number of hydrogen-bond acceptors (Lipinski definition) is 5. The smallest absolute Gasteiger partial charge is 0.222 e. The fourth-order valence-electron chi connectivity index (χ4n) is 2.36. The third kappa shape index (κ3) is 4.54. The van der Waals surface area contributed by atoms with Crippen LogP contribution in [0.3, 0.4) is 0 Å². The fraction of sp³-hybridized carbons (Fsp3) is 0.714. The Balaban J connectivity index is 1.73. The minimum Gasteiger partial charge on any atom is -0.340 e. The second-order valence-electron chi connectivity index (χ2n) is 5.52. The molecule has 20 heavy (non-hydrogen) atoms. The van der Waals surface area contributed by atoms with E-state index < -0.39 is 0 Å². The van der Waals surface area contributed by atoms with Crippen molar-refractivity contribution in [2.75, 3.05) is 26.2 Å². The van der Waals surface area contributed by atoms with Crippen LogP contribution in [0, 0.1) is 6.92 Å². The van der Waals surface area contributed by atoms with Gasteiger partial charge in [-0.2, -0.15) is 0 Å². The molecule has 1 unspecified atom stereocenters. The minimum atomic E-state index is 0.106. The molecule has 112 valence electrons. The average molecular weight is 296 g/mol. The number of carbonyl (C=O) groups is 1. The van der Waals surface area contributed by atoms with Gasteiger partial charge < -0.3 is 10.6 Å². The summed E-state index contributed by atoms with van der Waals surface area (Å²) >= 11 is 1.75. The normalized spacial score (nSPS) is 18.2. The van der Waals surface area contributed by atoms with Gasteiger partial charge in [-0.25, -0.2) is 4.98 Å². The molecule has 1 amide bonds. The van der Waals surface area contributed by atoms with Crippen molar-refractivity contribution in [2.24, 2.45) is 5.73 Å². The zero-order chi connectivity index (χ0) is 14.5. The molecule has 0 bridgehead atoms. The van der Waals surface area contributed by atoms with Crippen LogP contribution in [0.2, 0.25) is 0 Å². The molecule has 0 aliphatic carbocycles. The zero-order valence-corrected chi connectivity index (χ0v) is 13.2. The highest BCUT2D eigenvalue weighted by atomic mass is 32.1. The topological polar surface area (TPSA) is 62.5 Å². The highest BCUT2D eigenvalue weighted by Crippen LogP contribution is 2.15. The van der Waals surface area contributed by atoms with Gasteiger partial charge in [-0.05, 0) is 20.3 Å². The predicted octanol–water partition coefficient (Wildman–Crippen LogP) is 1.22. The number of nitrogens with zero attached hydrogens (tertiary/aromatic N) is 3. The van der Waals surface area contributed by atoms with E-state index in [1.165, 1.54) is 4.88 Å². The number of rotatable bonds is 5. The first-order valence-electron chi connectivity index (χ1n) is 7.21. The van der Waals surface area contributed by atoms with Crippen molar-refractivity contribution in [1.29, 1.82) is 0 Å². The number of carbonyl (C=O) groups excluding carboxylic acids is 1. The summed E-state index contributed by atoms with van der Waals surface area (Å²) in [5, 5.41) is 1.12. The third-order valence-electron chi connectivity index (χ3n) is 3.59. The quantitative estimate of drug-likeness (QED) is 0.887. The van der Waals surface area contributed by atoms with E-state index in [0.29, 0.717) is 6.42 Å². The Morgan fingerprint density at radius 3 is 2.70 bits per heavy atom. The van der Waals surface area contributed by atoms with Crippen molar-refractivity contribution < 1.29 is 4.79 Å². The summed E-state index contributed by atoms with van der Waals surface area (Å²) in [5.41, 5.74) is 5.70. The molecule has 0 spiro atoms. The lowest BCUT2D eigenvalue weighted by molar-refractivity contribution is -0.133. The number of thiazole rings is 1. The van der Waals surface area contributed by atoms with Crippen LogP contribution in [0.5, 0.6) is 0 Å². The van der Waals surface area contributed by atoms with Gasteiger partial charge in [0.2, 0.25) is 5.91 Å². The first kappa shape index (κ1) is 15.4. The zero-order valence-electron chi connectivity index (χ0n) is 12.3. The lowest BCUT2D eigenvalue weighted by atomic mass is 10.1. The minimum absolute atomic E-state index is 0.106. The standard InChI is InChI=1S/C14H24N4OS/c1-11(15)3-4-14(19)18-7-5-17(6-8-18)10-13-9-16-12(2)20-13/h9,11H,3-8,10,15H2,1-2H3. The summed E-state index contributed by atoms with van der Waals surface area (Å²) in [6, 6.07) is 0.106. The number of amides is 1. The molecule has 1 aliphatic heterocycles. The number of nitrogens with two attached hydrogens (primary N) is 1. The third-order valence-corrected chi connectivity index (χ3v) is 4.48. The van der Waals surface area contributed by atoms with Crippen LogP contribution in [0.1, 0.15) is 29.7 Å². The Morgan fingerprint density at radius 2 is 2.15 bits per heavy atom. The van der Waals surface area contributed by atoms with Gasteiger partial charge in [0.15, 0.2) is 0 Å². The Bertz CT molecular complexity index is 438. The Labute approximate surface area is 124 Å². The molecule has 2 rings (SSSR count). The second kappa shape index (κ2) is 7.15. The summed E-state index contributed by atoms with van der Waals surface area (Å²) < 4.78 is 0. The van der Waals surface area contributed by atoms with Gasteiger partial charge in [-0.3, -0.25) is 9.69 Å². The summed E-state index contributed by atoms with van der Waals surface area (Å²) in [6.45, 7) is 8.48. The largest absolute Gasteiger partial charge is 0.340 e. The molecule has 2 heterocycles. The van der Waals surface area contributed by atoms with Gasteiger partial charge in [0.05, 0.1) is 5.01 Å². The maximum atomic E-state index is 12.0. The van der Waals surface area contributed by atoms with E-state index in [0.717, 1.165) is 44.2 Å². The van der Waals surface area contributed by atoms with Gasteiger partial charge in [-0.15, -0.1) is 11.3 Å². The van der Waals surface area contributed by atoms with Crippen LogP contribution in [0.15, 0.2) is 6.20 Å². The van der Waals surface area contributed by atoms with Crippen molar-refractivity contribution in [1.82, 2.24) is 14.8 Å². The first-order chi connectivity index (χ1) is 9.54. The molecule has 2 N–H and O–H groups in total. The van der Waals surface area contributed by atoms with Crippen LogP contribution in [-0.2, 0) is 11.3 Å². The van der Waals surface area contributed by atoms with Crippen molar-refractivity contribution in [2.45, 2.75) is 39.3 Å². The van der Waals surface area contributed by atoms with E-state index >= 15 is 0 Å². The van der Waals surface area contributed by atoms with Crippen molar-refractivity contribution in [3.8, 4) is 0 Å². The van der Waals surface area contributed by atoms with E-state index in [9.17, 15) is 4.79 Å². The Hall–Kier alpha value is -0.980. The molecule has 0 aromatic carbocycles. The molecule has 1 fully saturated rings. The molecule has 1 aromatic rings. The number of hydrogen-bond donors (Lipinski definition) is 1. The lowest BCUT2D eigenvalue weighted by Gasteiger charge is -2.34. The summed E-state index contributed by atoms with van der Waals surface area (Å²) in [7, 11) is 0. The monoisotopic (exact) mass is 296 g/mol. The van der Waals surface area contributed by atoms with Crippen LogP contribution in [0.25, 0.3) is 0 Å². The van der Waals surface area contributed by atoms with Gasteiger partial charge in [-0.1, -0.05) is 0 Å². The first-order valence-corrected chi connectivity index (χ1v) is 8.03. The van der Waals surface area contributed by atoms with Crippen molar-refractivity contribution >= 4 is 17.2 Å². The van der Waals surface area contributed by atoms with Crippen LogP contribution in [0.4, 0.5) is 0 Å². The average Bonchev–Trinajstić information content (AvgIpc) is 2.82. The van der Waals surface area contributed by atoms with Gasteiger partial charge in [0.25, 0.3) is 0 Å². The van der Waals surface area contributed by atoms with Crippen LogP contribution in [-0.4, -0.2) is 52.9 Å². The van der Waals surface area contributed by atoms with E-state index in [-0.39, 0.29) is 11.9 Å². The van der Waals surface area contributed by atoms with E-state index in [2.05, 4.69) is 9.88 Å².